The van der Waals surface area contributed by atoms with Crippen molar-refractivity contribution >= 4 is 41.0 Å². The maximum atomic E-state index is 14.2. The van der Waals surface area contributed by atoms with Crippen molar-refractivity contribution in [2.75, 3.05) is 13.6 Å². The van der Waals surface area contributed by atoms with Crippen LogP contribution in [-0.2, 0) is 30.3 Å². The van der Waals surface area contributed by atoms with Crippen LogP contribution in [0, 0.1) is 17.8 Å². The van der Waals surface area contributed by atoms with Gasteiger partial charge in [-0.1, -0.05) is 57.5 Å². The summed E-state index contributed by atoms with van der Waals surface area (Å²) in [5.41, 5.74) is 1.10. The van der Waals surface area contributed by atoms with E-state index in [2.05, 4.69) is 34.4 Å². The van der Waals surface area contributed by atoms with Crippen LogP contribution in [0.4, 0.5) is 0 Å². The van der Waals surface area contributed by atoms with Crippen molar-refractivity contribution in [3.63, 3.8) is 0 Å². The summed E-state index contributed by atoms with van der Waals surface area (Å²) in [6.07, 6.45) is 4.66. The Kier molecular flexibility index (Phi) is 14.8. The Hall–Kier alpha value is -3.84. The number of piperidine rings is 1. The summed E-state index contributed by atoms with van der Waals surface area (Å²) in [7, 11) is 1.74. The van der Waals surface area contributed by atoms with E-state index in [0.717, 1.165) is 44.2 Å². The van der Waals surface area contributed by atoms with Crippen LogP contribution in [0.25, 0.3) is 0 Å². The van der Waals surface area contributed by atoms with Gasteiger partial charge in [0.2, 0.25) is 11.8 Å². The Morgan fingerprint density at radius 1 is 1.00 bits per heavy atom. The second kappa shape index (κ2) is 18.8. The Morgan fingerprint density at radius 2 is 1.69 bits per heavy atom. The summed E-state index contributed by atoms with van der Waals surface area (Å²) in [5, 5.41) is 17.7. The first-order valence-electron chi connectivity index (χ1n) is 18.7. The van der Waals surface area contributed by atoms with Gasteiger partial charge in [0.05, 0.1) is 12.0 Å². The van der Waals surface area contributed by atoms with Gasteiger partial charge >= 0.3 is 11.9 Å². The predicted octanol–water partition coefficient (Wildman–Crippen LogP) is 5.23. The summed E-state index contributed by atoms with van der Waals surface area (Å²) in [6, 6.07) is 8.06. The third-order valence-corrected chi connectivity index (χ3v) is 11.2. The van der Waals surface area contributed by atoms with Crippen molar-refractivity contribution in [1.29, 1.82) is 0 Å². The number of carboxylic acid groups (broad SMARTS) is 1. The standard InChI is InChI=1S/C39H57N5O7S/c1-23(2)32(43(7)38(48)34(28-16-17-28)42-36(47)31-15-11-12-18-44(31)24(3)4)21-33(51-26(6)45)37-41-30(22-52-37)35(46)40-29(19-25(5)39(49)50)20-27-13-9-8-10-14-27/h8-10,13-14,22-25,28-29,31-34H,11-12,15-21H2,1-7H3,(H,40,46)(H,42,47)(H,49,50)/t25-,29+,31+,32+,33+,34-/m0/s1. The number of benzene rings is 1. The smallest absolute Gasteiger partial charge is 0.306 e. The second-order valence-electron chi connectivity index (χ2n) is 15.2. The lowest BCUT2D eigenvalue weighted by molar-refractivity contribution is -0.149. The second-order valence-corrected chi connectivity index (χ2v) is 16.1. The number of likely N-dealkylation sites (tertiary alicyclic amines) is 1. The first-order valence-corrected chi connectivity index (χ1v) is 19.6. The number of ether oxygens (including phenoxy) is 1. The summed E-state index contributed by atoms with van der Waals surface area (Å²) >= 11 is 1.19. The number of aromatic nitrogens is 1. The number of carbonyl (C=O) groups excluding carboxylic acids is 4. The van der Waals surface area contributed by atoms with Gasteiger partial charge in [-0.25, -0.2) is 4.98 Å². The zero-order chi connectivity index (χ0) is 38.1. The monoisotopic (exact) mass is 739 g/mol. The number of esters is 1. The molecule has 6 atom stereocenters. The van der Waals surface area contributed by atoms with Crippen LogP contribution in [0.3, 0.4) is 0 Å². The molecule has 1 aliphatic carbocycles. The Balaban J connectivity index is 1.49. The third-order valence-electron chi connectivity index (χ3n) is 10.3. The Bertz CT molecular complexity index is 1530. The first-order chi connectivity index (χ1) is 24.7. The fraction of sp³-hybridized carbons (Fsp3) is 0.641. The SMILES string of the molecule is CC(=O)O[C@H](C[C@H](C(C)C)N(C)C(=O)[C@@H](NC(=O)[C@H]1CCCCN1C(C)C)C1CC1)c1nc(C(=O)N[C@@H](Cc2ccccc2)C[C@H](C)C(=O)O)cs1. The molecule has 2 aromatic rings. The normalized spacial score (nSPS) is 19.3. The average Bonchev–Trinajstić information content (AvgIpc) is 3.82. The predicted molar refractivity (Wildman–Crippen MR) is 200 cm³/mol. The number of thiazole rings is 1. The van der Waals surface area contributed by atoms with E-state index in [1.165, 1.54) is 18.3 Å². The maximum absolute atomic E-state index is 14.2. The maximum Gasteiger partial charge on any atom is 0.306 e. The molecule has 1 aromatic heterocycles. The highest BCUT2D eigenvalue weighted by molar-refractivity contribution is 7.09. The van der Waals surface area contributed by atoms with Gasteiger partial charge in [0.1, 0.15) is 16.7 Å². The molecule has 0 bridgehead atoms. The van der Waals surface area contributed by atoms with E-state index in [0.29, 0.717) is 11.4 Å². The molecule has 1 saturated heterocycles. The molecule has 13 heteroatoms. The number of amides is 3. The number of likely N-dealkylation sites (N-methyl/N-ethyl adjacent to an activating group) is 1. The number of carboxylic acids is 1. The average molecular weight is 740 g/mol. The first kappa shape index (κ1) is 40.9. The van der Waals surface area contributed by atoms with E-state index in [1.54, 1.807) is 24.3 Å². The molecule has 0 spiro atoms. The highest BCUT2D eigenvalue weighted by Gasteiger charge is 2.43. The lowest BCUT2D eigenvalue weighted by atomic mass is 9.95. The molecule has 3 amide bonds. The molecule has 2 fully saturated rings. The number of aliphatic carboxylic acids is 1. The van der Waals surface area contributed by atoms with Gasteiger partial charge < -0.3 is 25.4 Å². The molecule has 2 heterocycles. The van der Waals surface area contributed by atoms with Gasteiger partial charge in [-0.2, -0.15) is 0 Å². The van der Waals surface area contributed by atoms with Gasteiger partial charge in [0.25, 0.3) is 5.91 Å². The van der Waals surface area contributed by atoms with Crippen molar-refractivity contribution in [1.82, 2.24) is 25.4 Å². The van der Waals surface area contributed by atoms with Gasteiger partial charge in [-0.15, -0.1) is 11.3 Å². The van der Waals surface area contributed by atoms with Crippen LogP contribution in [0.15, 0.2) is 35.7 Å². The zero-order valence-electron chi connectivity index (χ0n) is 31.7. The van der Waals surface area contributed by atoms with Gasteiger partial charge in [0.15, 0.2) is 6.10 Å². The molecule has 286 valence electrons. The van der Waals surface area contributed by atoms with Gasteiger partial charge in [-0.3, -0.25) is 28.9 Å². The van der Waals surface area contributed by atoms with Gasteiger partial charge in [0, 0.05) is 43.9 Å². The molecule has 3 N–H and O–H groups in total. The molecule has 1 aromatic carbocycles. The lowest BCUT2D eigenvalue weighted by Gasteiger charge is -2.39. The quantitative estimate of drug-likeness (QED) is 0.174. The number of nitrogens with zero attached hydrogens (tertiary/aromatic N) is 3. The minimum absolute atomic E-state index is 0.0324. The highest BCUT2D eigenvalue weighted by Crippen LogP contribution is 2.36. The molecule has 4 rings (SSSR count). The summed E-state index contributed by atoms with van der Waals surface area (Å²) in [5.74, 6) is -2.79. The van der Waals surface area contributed by atoms with Crippen molar-refractivity contribution < 1.29 is 33.8 Å². The minimum Gasteiger partial charge on any atom is -0.481 e. The van der Waals surface area contributed by atoms with E-state index >= 15 is 0 Å². The molecule has 1 aliphatic heterocycles. The number of hydrogen-bond donors (Lipinski definition) is 3. The number of carbonyl (C=O) groups is 5. The highest BCUT2D eigenvalue weighted by atomic mass is 32.1. The van der Waals surface area contributed by atoms with Crippen LogP contribution in [0.5, 0.6) is 0 Å². The molecule has 0 radical (unpaired) electrons. The fourth-order valence-corrected chi connectivity index (χ4v) is 8.05. The zero-order valence-corrected chi connectivity index (χ0v) is 32.5. The molecule has 1 saturated carbocycles. The van der Waals surface area contributed by atoms with E-state index in [1.807, 2.05) is 44.2 Å². The topological polar surface area (TPSA) is 158 Å². The van der Waals surface area contributed by atoms with Crippen LogP contribution in [-0.4, -0.2) is 93.4 Å². The minimum atomic E-state index is -0.941. The van der Waals surface area contributed by atoms with E-state index in [9.17, 15) is 29.1 Å². The third kappa shape index (κ3) is 11.3. The molecule has 0 unspecified atom stereocenters. The van der Waals surface area contributed by atoms with Crippen LogP contribution in [0.1, 0.15) is 114 Å². The molecule has 12 nitrogen and oxygen atoms in total. The Morgan fingerprint density at radius 3 is 2.29 bits per heavy atom. The summed E-state index contributed by atoms with van der Waals surface area (Å²) < 4.78 is 5.78. The van der Waals surface area contributed by atoms with Crippen molar-refractivity contribution in [3.8, 4) is 0 Å². The van der Waals surface area contributed by atoms with E-state index < -0.39 is 42.0 Å². The van der Waals surface area contributed by atoms with E-state index in [-0.39, 0.29) is 60.3 Å². The number of nitrogens with one attached hydrogen (secondary N) is 2. The molecule has 52 heavy (non-hydrogen) atoms. The van der Waals surface area contributed by atoms with E-state index in [4.69, 9.17) is 4.74 Å². The Labute approximate surface area is 312 Å². The number of rotatable bonds is 18. The summed E-state index contributed by atoms with van der Waals surface area (Å²) in [4.78, 5) is 73.8. The molecular formula is C39H57N5O7S. The van der Waals surface area contributed by atoms with Crippen LogP contribution < -0.4 is 10.6 Å². The van der Waals surface area contributed by atoms with Gasteiger partial charge in [-0.05, 0) is 76.3 Å². The lowest BCUT2D eigenvalue weighted by Crippen LogP contribution is -2.58. The summed E-state index contributed by atoms with van der Waals surface area (Å²) in [6.45, 7) is 12.0. The fourth-order valence-electron chi connectivity index (χ4n) is 7.21. The molecule has 2 aliphatic rings. The van der Waals surface area contributed by atoms with Crippen LogP contribution >= 0.6 is 11.3 Å². The van der Waals surface area contributed by atoms with Crippen LogP contribution in [0.2, 0.25) is 0 Å². The molecular weight excluding hydrogens is 683 g/mol. The number of hydrogen-bond acceptors (Lipinski definition) is 9. The largest absolute Gasteiger partial charge is 0.481 e. The van der Waals surface area contributed by atoms with Crippen molar-refractivity contribution in [2.24, 2.45) is 17.8 Å². The van der Waals surface area contributed by atoms with Crippen molar-refractivity contribution in [2.45, 2.75) is 129 Å². The van der Waals surface area contributed by atoms with Crippen molar-refractivity contribution in [3.05, 3.63) is 52.0 Å².